The van der Waals surface area contributed by atoms with E-state index in [-0.39, 0.29) is 16.4 Å². The lowest BCUT2D eigenvalue weighted by Gasteiger charge is -2.19. The minimum absolute atomic E-state index is 0.0640. The number of aromatic amines is 1. The fourth-order valence-corrected chi connectivity index (χ4v) is 4.87. The molecule has 160 valence electrons. The molecule has 0 saturated heterocycles. The van der Waals surface area contributed by atoms with Gasteiger partial charge in [0.2, 0.25) is 10.0 Å². The zero-order valence-corrected chi connectivity index (χ0v) is 18.0. The van der Waals surface area contributed by atoms with E-state index in [0.29, 0.717) is 28.2 Å². The molecule has 1 aliphatic rings. The van der Waals surface area contributed by atoms with E-state index < -0.39 is 10.0 Å². The molecule has 0 amide bonds. The van der Waals surface area contributed by atoms with E-state index >= 15 is 0 Å². The summed E-state index contributed by atoms with van der Waals surface area (Å²) >= 11 is 0. The molecule has 0 radical (unpaired) electrons. The van der Waals surface area contributed by atoms with E-state index in [4.69, 9.17) is 4.74 Å². The Bertz CT molecular complexity index is 1260. The highest BCUT2D eigenvalue weighted by molar-refractivity contribution is 7.89. The summed E-state index contributed by atoms with van der Waals surface area (Å²) in [7, 11) is 0.941. The highest BCUT2D eigenvalue weighted by Crippen LogP contribution is 2.35. The van der Waals surface area contributed by atoms with Gasteiger partial charge in [0.1, 0.15) is 17.0 Å². The third-order valence-electron chi connectivity index (χ3n) is 5.72. The van der Waals surface area contributed by atoms with Gasteiger partial charge in [-0.1, -0.05) is 19.3 Å². The molecule has 2 N–H and O–H groups in total. The number of rotatable bonds is 5. The maximum atomic E-state index is 13.0. The van der Waals surface area contributed by atoms with Gasteiger partial charge in [-0.15, -0.1) is 0 Å². The normalized spacial score (nSPS) is 15.6. The van der Waals surface area contributed by atoms with E-state index in [2.05, 4.69) is 19.8 Å². The average molecular weight is 432 g/mol. The summed E-state index contributed by atoms with van der Waals surface area (Å²) in [5, 5.41) is 5.15. The largest absolute Gasteiger partial charge is 0.496 e. The quantitative estimate of drug-likeness (QED) is 0.640. The molecule has 1 saturated carbocycles. The van der Waals surface area contributed by atoms with Gasteiger partial charge in [0.15, 0.2) is 5.65 Å². The Balaban J connectivity index is 1.85. The van der Waals surface area contributed by atoms with Gasteiger partial charge in [0, 0.05) is 19.0 Å². The Hall–Kier alpha value is -2.72. The number of nitrogens with one attached hydrogen (secondary N) is 2. The Kier molecular flexibility index (Phi) is 5.37. The lowest BCUT2D eigenvalue weighted by atomic mass is 9.86. The van der Waals surface area contributed by atoms with E-state index in [1.807, 2.05) is 0 Å². The number of H-pyrrole nitrogens is 1. The van der Waals surface area contributed by atoms with Gasteiger partial charge in [-0.2, -0.15) is 5.10 Å². The van der Waals surface area contributed by atoms with Gasteiger partial charge in [-0.25, -0.2) is 22.8 Å². The highest BCUT2D eigenvalue weighted by atomic mass is 32.2. The Morgan fingerprint density at radius 3 is 2.63 bits per heavy atom. The summed E-state index contributed by atoms with van der Waals surface area (Å²) in [6.07, 6.45) is 5.57. The number of nitrogens with zero attached hydrogens (tertiary/aromatic N) is 3. The van der Waals surface area contributed by atoms with Crippen molar-refractivity contribution >= 4 is 21.1 Å². The topological polar surface area (TPSA) is 119 Å². The maximum Gasteiger partial charge on any atom is 0.262 e. The zero-order chi connectivity index (χ0) is 21.5. The minimum Gasteiger partial charge on any atom is -0.496 e. The molecule has 9 nitrogen and oxygen atoms in total. The molecule has 2 heterocycles. The van der Waals surface area contributed by atoms with Crippen molar-refractivity contribution in [3.63, 3.8) is 0 Å². The van der Waals surface area contributed by atoms with E-state index in [1.54, 1.807) is 17.8 Å². The van der Waals surface area contributed by atoms with Gasteiger partial charge in [-0.3, -0.25) is 4.79 Å². The van der Waals surface area contributed by atoms with E-state index in [0.717, 1.165) is 31.4 Å². The van der Waals surface area contributed by atoms with Gasteiger partial charge >= 0.3 is 0 Å². The molecular formula is C20H25N5O4S. The van der Waals surface area contributed by atoms with Crippen molar-refractivity contribution in [2.75, 3.05) is 14.2 Å². The Labute approximate surface area is 174 Å². The summed E-state index contributed by atoms with van der Waals surface area (Å²) in [5.74, 6) is 0.871. The SMILES string of the molecule is CNS(=O)(=O)c1ccc(-c2nc3c(c(C4CCCCC4)nn3C)c(=O)[nH]2)c(OC)c1. The third-order valence-corrected chi connectivity index (χ3v) is 7.13. The van der Waals surface area contributed by atoms with Crippen LogP contribution in [0.25, 0.3) is 22.4 Å². The van der Waals surface area contributed by atoms with E-state index in [9.17, 15) is 13.2 Å². The van der Waals surface area contributed by atoms with Crippen LogP contribution in [0.5, 0.6) is 5.75 Å². The predicted octanol–water partition coefficient (Wildman–Crippen LogP) is 2.29. The fraction of sp³-hybridized carbons (Fsp3) is 0.450. The van der Waals surface area contributed by atoms with Gasteiger partial charge in [0.05, 0.1) is 23.3 Å². The standard InChI is InChI=1S/C20H25N5O4S/c1-21-30(27,28)13-9-10-14(15(11-13)29-3)18-22-19-16(20(26)23-18)17(24-25(19)2)12-7-5-4-6-8-12/h9-12,21H,4-8H2,1-3H3,(H,22,23,26). The maximum absolute atomic E-state index is 13.0. The second kappa shape index (κ2) is 7.84. The number of methoxy groups -OCH3 is 1. The molecule has 0 bridgehead atoms. The first-order valence-electron chi connectivity index (χ1n) is 9.94. The van der Waals surface area contributed by atoms with E-state index in [1.165, 1.54) is 32.7 Å². The second-order valence-corrected chi connectivity index (χ2v) is 9.41. The predicted molar refractivity (Wildman–Crippen MR) is 113 cm³/mol. The van der Waals surface area contributed by atoms with Crippen molar-refractivity contribution in [3.8, 4) is 17.1 Å². The summed E-state index contributed by atoms with van der Waals surface area (Å²) in [5.41, 5.74) is 1.56. The molecule has 1 fully saturated rings. The van der Waals surface area contributed by atoms with Gasteiger partial charge < -0.3 is 9.72 Å². The van der Waals surface area contributed by atoms with Crippen molar-refractivity contribution in [3.05, 3.63) is 34.2 Å². The molecule has 0 spiro atoms. The highest BCUT2D eigenvalue weighted by Gasteiger charge is 2.25. The number of ether oxygens (including phenoxy) is 1. The van der Waals surface area contributed by atoms with Crippen molar-refractivity contribution in [1.29, 1.82) is 0 Å². The van der Waals surface area contributed by atoms with Crippen LogP contribution in [0.15, 0.2) is 27.9 Å². The third kappa shape index (κ3) is 3.50. The molecule has 30 heavy (non-hydrogen) atoms. The Morgan fingerprint density at radius 1 is 1.23 bits per heavy atom. The van der Waals surface area contributed by atoms with Crippen LogP contribution >= 0.6 is 0 Å². The molecule has 0 atom stereocenters. The number of aryl methyl sites for hydroxylation is 1. The first kappa shape index (κ1) is 20.5. The number of hydrogen-bond donors (Lipinski definition) is 2. The molecule has 0 unspecified atom stereocenters. The van der Waals surface area contributed by atoms with Crippen LogP contribution in [0, 0.1) is 0 Å². The smallest absolute Gasteiger partial charge is 0.262 e. The molecule has 3 aromatic rings. The van der Waals surface area contributed by atoms with Crippen LogP contribution < -0.4 is 15.0 Å². The van der Waals surface area contributed by atoms with Gasteiger partial charge in [0.25, 0.3) is 5.56 Å². The van der Waals surface area contributed by atoms with Crippen LogP contribution in [0.3, 0.4) is 0 Å². The summed E-state index contributed by atoms with van der Waals surface area (Å²) in [6, 6.07) is 4.43. The lowest BCUT2D eigenvalue weighted by molar-refractivity contribution is 0.414. The zero-order valence-electron chi connectivity index (χ0n) is 17.2. The van der Waals surface area contributed by atoms with Crippen molar-refractivity contribution in [1.82, 2.24) is 24.5 Å². The number of hydrogen-bond acceptors (Lipinski definition) is 6. The monoisotopic (exact) mass is 431 g/mol. The van der Waals surface area contributed by atoms with Crippen molar-refractivity contribution in [2.45, 2.75) is 42.9 Å². The summed E-state index contributed by atoms with van der Waals surface area (Å²) < 4.78 is 33.5. The van der Waals surface area contributed by atoms with Crippen molar-refractivity contribution < 1.29 is 13.2 Å². The molecule has 1 aliphatic carbocycles. The number of fused-ring (bicyclic) bond motifs is 1. The molecule has 4 rings (SSSR count). The molecule has 2 aromatic heterocycles. The fourth-order valence-electron chi connectivity index (χ4n) is 4.13. The minimum atomic E-state index is -3.62. The Morgan fingerprint density at radius 2 is 1.97 bits per heavy atom. The molecule has 10 heteroatoms. The number of sulfonamides is 1. The molecule has 0 aliphatic heterocycles. The van der Waals surface area contributed by atoms with Crippen LogP contribution in [0.1, 0.15) is 43.7 Å². The first-order valence-corrected chi connectivity index (χ1v) is 11.4. The first-order chi connectivity index (χ1) is 14.4. The van der Waals surface area contributed by atoms with Crippen LogP contribution in [-0.4, -0.2) is 42.3 Å². The molecular weight excluding hydrogens is 406 g/mol. The summed E-state index contributed by atoms with van der Waals surface area (Å²) in [6.45, 7) is 0. The molecule has 1 aromatic carbocycles. The van der Waals surface area contributed by atoms with Crippen LogP contribution in [0.4, 0.5) is 0 Å². The van der Waals surface area contributed by atoms with Crippen molar-refractivity contribution in [2.24, 2.45) is 7.05 Å². The van der Waals surface area contributed by atoms with Crippen LogP contribution in [-0.2, 0) is 17.1 Å². The lowest BCUT2D eigenvalue weighted by Crippen LogP contribution is -2.18. The number of aromatic nitrogens is 4. The van der Waals surface area contributed by atoms with Gasteiger partial charge in [-0.05, 0) is 32.0 Å². The average Bonchev–Trinajstić information content (AvgIpc) is 3.11. The van der Waals surface area contributed by atoms with Crippen LogP contribution in [0.2, 0.25) is 0 Å². The summed E-state index contributed by atoms with van der Waals surface area (Å²) in [4.78, 5) is 20.6. The second-order valence-electron chi connectivity index (χ2n) is 7.53. The number of benzene rings is 1.